The molecule has 1 aromatic carbocycles. The van der Waals surface area contributed by atoms with Crippen LogP contribution in [0.15, 0.2) is 24.3 Å². The molecule has 1 heteroatoms. The number of benzene rings is 1. The van der Waals surface area contributed by atoms with Crippen LogP contribution in [-0.4, -0.2) is 0 Å². The van der Waals surface area contributed by atoms with Crippen molar-refractivity contribution in [1.82, 2.24) is 0 Å². The van der Waals surface area contributed by atoms with Crippen LogP contribution in [0.1, 0.15) is 63.6 Å². The molecule has 1 aliphatic rings. The normalized spacial score (nSPS) is 19.5. The minimum atomic E-state index is 0.232. The summed E-state index contributed by atoms with van der Waals surface area (Å²) in [5, 5.41) is 0. The summed E-state index contributed by atoms with van der Waals surface area (Å²) in [6.07, 6.45) is 5.33. The maximum atomic E-state index is 6.36. The maximum Gasteiger partial charge on any atom is 0.0323 e. The molecule has 2 N–H and O–H groups in total. The molecule has 2 rings (SSSR count). The predicted octanol–water partition coefficient (Wildman–Crippen LogP) is 4.17. The van der Waals surface area contributed by atoms with Gasteiger partial charge in [-0.15, -0.1) is 0 Å². The number of hydrogen-bond donors (Lipinski definition) is 1. The summed E-state index contributed by atoms with van der Waals surface area (Å²) in [4.78, 5) is 0. The van der Waals surface area contributed by atoms with Crippen molar-refractivity contribution in [3.8, 4) is 0 Å². The molecule has 1 fully saturated rings. The Balaban J connectivity index is 2.12. The van der Waals surface area contributed by atoms with Gasteiger partial charge in [-0.25, -0.2) is 0 Å². The van der Waals surface area contributed by atoms with E-state index in [2.05, 4.69) is 45.0 Å². The summed E-state index contributed by atoms with van der Waals surface area (Å²) in [5.74, 6) is 0.704. The molecule has 0 aliphatic heterocycles. The standard InChI is InChI=1S/C16H25N/c1-16(2,3)14-10-8-13(9-11-14)15(17)12-6-4-5-7-12/h8-12,15H,4-7,17H2,1-3H3. The van der Waals surface area contributed by atoms with Crippen molar-refractivity contribution < 1.29 is 0 Å². The minimum Gasteiger partial charge on any atom is -0.324 e. The Morgan fingerprint density at radius 2 is 1.59 bits per heavy atom. The highest BCUT2D eigenvalue weighted by molar-refractivity contribution is 5.29. The second-order valence-electron chi connectivity index (χ2n) is 6.44. The molecule has 17 heavy (non-hydrogen) atoms. The maximum absolute atomic E-state index is 6.36. The van der Waals surface area contributed by atoms with Gasteiger partial charge in [-0.3, -0.25) is 0 Å². The molecule has 0 radical (unpaired) electrons. The van der Waals surface area contributed by atoms with Crippen molar-refractivity contribution in [3.63, 3.8) is 0 Å². The molecule has 0 aromatic heterocycles. The first-order valence-corrected chi connectivity index (χ1v) is 6.84. The fraction of sp³-hybridized carbons (Fsp3) is 0.625. The second kappa shape index (κ2) is 4.81. The van der Waals surface area contributed by atoms with Crippen LogP contribution in [-0.2, 0) is 5.41 Å². The quantitative estimate of drug-likeness (QED) is 0.812. The van der Waals surface area contributed by atoms with E-state index in [4.69, 9.17) is 5.73 Å². The third kappa shape index (κ3) is 2.90. The average Bonchev–Trinajstić information content (AvgIpc) is 2.80. The van der Waals surface area contributed by atoms with Gasteiger partial charge in [0.25, 0.3) is 0 Å². The van der Waals surface area contributed by atoms with Gasteiger partial charge in [-0.1, -0.05) is 57.9 Å². The van der Waals surface area contributed by atoms with Crippen molar-refractivity contribution in [2.45, 2.75) is 57.9 Å². The van der Waals surface area contributed by atoms with Crippen LogP contribution < -0.4 is 5.73 Å². The molecule has 0 spiro atoms. The first-order valence-electron chi connectivity index (χ1n) is 6.84. The summed E-state index contributed by atoms with van der Waals surface area (Å²) in [7, 11) is 0. The molecule has 1 saturated carbocycles. The third-order valence-corrected chi connectivity index (χ3v) is 4.07. The lowest BCUT2D eigenvalue weighted by Gasteiger charge is -2.22. The highest BCUT2D eigenvalue weighted by Gasteiger charge is 2.23. The first-order chi connectivity index (χ1) is 7.98. The number of nitrogens with two attached hydrogens (primary N) is 1. The van der Waals surface area contributed by atoms with Crippen molar-refractivity contribution in [2.24, 2.45) is 11.7 Å². The van der Waals surface area contributed by atoms with E-state index in [0.29, 0.717) is 5.92 Å². The lowest BCUT2D eigenvalue weighted by Crippen LogP contribution is -2.19. The average molecular weight is 231 g/mol. The highest BCUT2D eigenvalue weighted by atomic mass is 14.7. The Kier molecular flexibility index (Phi) is 3.58. The van der Waals surface area contributed by atoms with Crippen LogP contribution >= 0.6 is 0 Å². The van der Waals surface area contributed by atoms with Crippen molar-refractivity contribution in [1.29, 1.82) is 0 Å². The molecular formula is C16H25N. The van der Waals surface area contributed by atoms with E-state index in [1.165, 1.54) is 36.8 Å². The lowest BCUT2D eigenvalue weighted by atomic mass is 9.85. The summed E-state index contributed by atoms with van der Waals surface area (Å²) in [6.45, 7) is 6.75. The van der Waals surface area contributed by atoms with Crippen LogP contribution in [0.5, 0.6) is 0 Å². The van der Waals surface area contributed by atoms with Gasteiger partial charge in [0.05, 0.1) is 0 Å². The van der Waals surface area contributed by atoms with Gasteiger partial charge >= 0.3 is 0 Å². The first kappa shape index (κ1) is 12.6. The van der Waals surface area contributed by atoms with Crippen LogP contribution in [0.3, 0.4) is 0 Å². The SMILES string of the molecule is CC(C)(C)c1ccc(C(N)C2CCCC2)cc1. The van der Waals surface area contributed by atoms with Crippen molar-refractivity contribution in [3.05, 3.63) is 35.4 Å². The third-order valence-electron chi connectivity index (χ3n) is 4.07. The Morgan fingerprint density at radius 3 is 2.06 bits per heavy atom. The molecule has 94 valence electrons. The second-order valence-corrected chi connectivity index (χ2v) is 6.44. The summed E-state index contributed by atoms with van der Waals surface area (Å²) in [5.41, 5.74) is 9.29. The summed E-state index contributed by atoms with van der Waals surface area (Å²) in [6, 6.07) is 9.17. The Bertz CT molecular complexity index is 352. The highest BCUT2D eigenvalue weighted by Crippen LogP contribution is 2.34. The Morgan fingerprint density at radius 1 is 1.06 bits per heavy atom. The fourth-order valence-electron chi connectivity index (χ4n) is 2.79. The van der Waals surface area contributed by atoms with E-state index in [1.807, 2.05) is 0 Å². The van der Waals surface area contributed by atoms with Gasteiger partial charge in [0.2, 0.25) is 0 Å². The molecule has 1 aliphatic carbocycles. The zero-order valence-corrected chi connectivity index (χ0v) is 11.4. The van der Waals surface area contributed by atoms with E-state index in [0.717, 1.165) is 0 Å². The van der Waals surface area contributed by atoms with Crippen molar-refractivity contribution >= 4 is 0 Å². The summed E-state index contributed by atoms with van der Waals surface area (Å²) >= 11 is 0. The van der Waals surface area contributed by atoms with Gasteiger partial charge in [0, 0.05) is 6.04 Å². The monoisotopic (exact) mass is 231 g/mol. The van der Waals surface area contributed by atoms with E-state index in [1.54, 1.807) is 0 Å². The van der Waals surface area contributed by atoms with Gasteiger partial charge in [0.1, 0.15) is 0 Å². The van der Waals surface area contributed by atoms with E-state index < -0.39 is 0 Å². The minimum absolute atomic E-state index is 0.232. The molecule has 0 heterocycles. The largest absolute Gasteiger partial charge is 0.324 e. The van der Waals surface area contributed by atoms with E-state index >= 15 is 0 Å². The van der Waals surface area contributed by atoms with Crippen molar-refractivity contribution in [2.75, 3.05) is 0 Å². The summed E-state index contributed by atoms with van der Waals surface area (Å²) < 4.78 is 0. The van der Waals surface area contributed by atoms with Gasteiger partial charge < -0.3 is 5.73 Å². The van der Waals surface area contributed by atoms with Crippen LogP contribution in [0.25, 0.3) is 0 Å². The predicted molar refractivity (Wildman–Crippen MR) is 74.0 cm³/mol. The molecule has 0 amide bonds. The number of hydrogen-bond acceptors (Lipinski definition) is 1. The van der Waals surface area contributed by atoms with E-state index in [-0.39, 0.29) is 11.5 Å². The zero-order valence-electron chi connectivity index (χ0n) is 11.4. The molecular weight excluding hydrogens is 206 g/mol. The molecule has 0 saturated heterocycles. The Hall–Kier alpha value is -0.820. The molecule has 1 aromatic rings. The zero-order chi connectivity index (χ0) is 12.5. The van der Waals surface area contributed by atoms with Gasteiger partial charge in [0.15, 0.2) is 0 Å². The van der Waals surface area contributed by atoms with Gasteiger partial charge in [-0.05, 0) is 35.3 Å². The van der Waals surface area contributed by atoms with E-state index in [9.17, 15) is 0 Å². The molecule has 1 atom stereocenters. The molecule has 0 bridgehead atoms. The number of rotatable bonds is 2. The lowest BCUT2D eigenvalue weighted by molar-refractivity contribution is 0.444. The van der Waals surface area contributed by atoms with Gasteiger partial charge in [-0.2, -0.15) is 0 Å². The topological polar surface area (TPSA) is 26.0 Å². The fourth-order valence-corrected chi connectivity index (χ4v) is 2.79. The molecule has 1 unspecified atom stereocenters. The van der Waals surface area contributed by atoms with Crippen LogP contribution in [0.4, 0.5) is 0 Å². The van der Waals surface area contributed by atoms with Crippen LogP contribution in [0.2, 0.25) is 0 Å². The Labute approximate surface area is 105 Å². The van der Waals surface area contributed by atoms with Crippen LogP contribution in [0, 0.1) is 5.92 Å². The smallest absolute Gasteiger partial charge is 0.0323 e. The molecule has 1 nitrogen and oxygen atoms in total.